The van der Waals surface area contributed by atoms with Gasteiger partial charge < -0.3 is 15.2 Å². The maximum Gasteiger partial charge on any atom is 0.0983 e. The van der Waals surface area contributed by atoms with Gasteiger partial charge in [-0.05, 0) is 0 Å². The highest BCUT2D eigenvalue weighted by molar-refractivity contribution is 14.1. The van der Waals surface area contributed by atoms with E-state index in [4.69, 9.17) is 15.2 Å². The van der Waals surface area contributed by atoms with Crippen LogP contribution in [0.1, 0.15) is 0 Å². The van der Waals surface area contributed by atoms with Crippen molar-refractivity contribution < 1.29 is 9.47 Å². The van der Waals surface area contributed by atoms with Crippen LogP contribution in [0, 0.1) is 0 Å². The summed E-state index contributed by atoms with van der Waals surface area (Å²) in [5, 5.41) is 0. The number of halogens is 1. The van der Waals surface area contributed by atoms with Gasteiger partial charge in [0.2, 0.25) is 0 Å². The van der Waals surface area contributed by atoms with E-state index in [1.165, 1.54) is 0 Å². The Morgan fingerprint density at radius 1 is 1.18 bits per heavy atom. The van der Waals surface area contributed by atoms with Gasteiger partial charge in [0.15, 0.2) is 0 Å². The SMILES string of the molecule is NCCOC/C=C\COCI. The maximum absolute atomic E-state index is 5.22. The largest absolute Gasteiger partial charge is 0.376 e. The molecule has 0 heterocycles. The highest BCUT2D eigenvalue weighted by Gasteiger charge is 1.79. The van der Waals surface area contributed by atoms with Gasteiger partial charge in [-0.1, -0.05) is 34.7 Å². The molecule has 0 bridgehead atoms. The van der Waals surface area contributed by atoms with Crippen LogP contribution in [-0.4, -0.2) is 31.0 Å². The van der Waals surface area contributed by atoms with Gasteiger partial charge in [-0.3, -0.25) is 0 Å². The predicted molar refractivity (Wildman–Crippen MR) is 53.9 cm³/mol. The summed E-state index contributed by atoms with van der Waals surface area (Å²) in [5.41, 5.74) is 5.22. The van der Waals surface area contributed by atoms with Crippen molar-refractivity contribution in [3.63, 3.8) is 0 Å². The second-order valence-electron chi connectivity index (χ2n) is 1.81. The van der Waals surface area contributed by atoms with Crippen LogP contribution in [0.15, 0.2) is 12.2 Å². The summed E-state index contributed by atoms with van der Waals surface area (Å²) >= 11 is 2.16. The van der Waals surface area contributed by atoms with E-state index >= 15 is 0 Å². The van der Waals surface area contributed by atoms with Crippen LogP contribution in [0.5, 0.6) is 0 Å². The summed E-state index contributed by atoms with van der Waals surface area (Å²) in [6.07, 6.45) is 3.87. The van der Waals surface area contributed by atoms with Crippen LogP contribution in [-0.2, 0) is 9.47 Å². The maximum atomic E-state index is 5.22. The molecule has 2 N–H and O–H groups in total. The average molecular weight is 271 g/mol. The first-order chi connectivity index (χ1) is 5.41. The third-order valence-corrected chi connectivity index (χ3v) is 1.37. The predicted octanol–water partition coefficient (Wildman–Crippen LogP) is 0.927. The third-order valence-electron chi connectivity index (χ3n) is 0.934. The smallest absolute Gasteiger partial charge is 0.0983 e. The minimum absolute atomic E-state index is 0.581. The first kappa shape index (κ1) is 11.4. The minimum Gasteiger partial charge on any atom is -0.376 e. The molecule has 0 aliphatic carbocycles. The Labute approximate surface area is 81.1 Å². The van der Waals surface area contributed by atoms with Gasteiger partial charge in [-0.15, -0.1) is 0 Å². The second kappa shape index (κ2) is 10.3. The van der Waals surface area contributed by atoms with Gasteiger partial charge in [0, 0.05) is 6.54 Å². The van der Waals surface area contributed by atoms with Gasteiger partial charge in [-0.2, -0.15) is 0 Å². The molecular weight excluding hydrogens is 257 g/mol. The highest BCUT2D eigenvalue weighted by atomic mass is 127. The number of rotatable bonds is 7. The molecular formula is C7H14INO2. The van der Waals surface area contributed by atoms with Gasteiger partial charge in [-0.25, -0.2) is 0 Å². The summed E-state index contributed by atoms with van der Waals surface area (Å²) in [6, 6.07) is 0. The average Bonchev–Trinajstić information content (AvgIpc) is 2.03. The Kier molecular flexibility index (Phi) is 10.7. The van der Waals surface area contributed by atoms with E-state index in [0.29, 0.717) is 26.4 Å². The van der Waals surface area contributed by atoms with Crippen molar-refractivity contribution in [1.82, 2.24) is 0 Å². The zero-order valence-electron chi connectivity index (χ0n) is 6.46. The topological polar surface area (TPSA) is 44.5 Å². The Hall–Kier alpha value is 0.350. The summed E-state index contributed by atoms with van der Waals surface area (Å²) in [4.78, 5) is 0. The quantitative estimate of drug-likeness (QED) is 0.324. The Morgan fingerprint density at radius 3 is 2.36 bits per heavy atom. The van der Waals surface area contributed by atoms with Crippen LogP contribution in [0.3, 0.4) is 0 Å². The van der Waals surface area contributed by atoms with Crippen LogP contribution < -0.4 is 5.73 Å². The van der Waals surface area contributed by atoms with Crippen molar-refractivity contribution in [2.24, 2.45) is 5.73 Å². The van der Waals surface area contributed by atoms with E-state index in [2.05, 4.69) is 22.6 Å². The summed E-state index contributed by atoms with van der Waals surface area (Å²) < 4.78 is 10.9. The minimum atomic E-state index is 0.581. The molecule has 11 heavy (non-hydrogen) atoms. The molecule has 0 aromatic carbocycles. The Bertz CT molecular complexity index is 98.4. The standard InChI is InChI=1S/C7H14INO2/c8-7-11-5-2-1-4-10-6-3-9/h1-2H,3-7,9H2/b2-1-. The number of alkyl halides is 1. The molecule has 0 spiro atoms. The first-order valence-electron chi connectivity index (χ1n) is 3.48. The molecule has 0 unspecified atom stereocenters. The lowest BCUT2D eigenvalue weighted by atomic mass is 10.5. The zero-order chi connectivity index (χ0) is 8.36. The molecule has 0 amide bonds. The lowest BCUT2D eigenvalue weighted by Gasteiger charge is -1.96. The van der Waals surface area contributed by atoms with Crippen molar-refractivity contribution in [3.05, 3.63) is 12.2 Å². The van der Waals surface area contributed by atoms with Crippen LogP contribution >= 0.6 is 22.6 Å². The molecule has 0 aliphatic heterocycles. The Morgan fingerprint density at radius 2 is 1.82 bits per heavy atom. The van der Waals surface area contributed by atoms with Crippen molar-refractivity contribution in [1.29, 1.82) is 0 Å². The molecule has 0 saturated carbocycles. The van der Waals surface area contributed by atoms with Gasteiger partial charge >= 0.3 is 0 Å². The van der Waals surface area contributed by atoms with Crippen molar-refractivity contribution >= 4 is 22.6 Å². The van der Waals surface area contributed by atoms with E-state index in [9.17, 15) is 0 Å². The number of hydrogen-bond acceptors (Lipinski definition) is 3. The molecule has 66 valence electrons. The van der Waals surface area contributed by atoms with Gasteiger partial charge in [0.1, 0.15) is 0 Å². The van der Waals surface area contributed by atoms with Crippen molar-refractivity contribution in [3.8, 4) is 0 Å². The third kappa shape index (κ3) is 10.4. The van der Waals surface area contributed by atoms with E-state index in [1.807, 2.05) is 12.2 Å². The van der Waals surface area contributed by atoms with E-state index in [1.54, 1.807) is 0 Å². The van der Waals surface area contributed by atoms with Crippen LogP contribution in [0.4, 0.5) is 0 Å². The molecule has 3 nitrogen and oxygen atoms in total. The van der Waals surface area contributed by atoms with E-state index in [0.717, 1.165) is 4.61 Å². The molecule has 0 atom stereocenters. The van der Waals surface area contributed by atoms with E-state index < -0.39 is 0 Å². The van der Waals surface area contributed by atoms with Crippen molar-refractivity contribution in [2.75, 3.05) is 31.0 Å². The number of hydrogen-bond donors (Lipinski definition) is 1. The lowest BCUT2D eigenvalue weighted by molar-refractivity contribution is 0.169. The van der Waals surface area contributed by atoms with Crippen LogP contribution in [0.2, 0.25) is 0 Å². The van der Waals surface area contributed by atoms with Gasteiger partial charge in [0.25, 0.3) is 0 Å². The summed E-state index contributed by atoms with van der Waals surface area (Å²) in [7, 11) is 0. The monoisotopic (exact) mass is 271 g/mol. The molecule has 0 aromatic rings. The normalized spacial score (nSPS) is 11.1. The molecule has 0 rings (SSSR count). The Balaban J connectivity index is 2.91. The molecule has 4 heteroatoms. The summed E-state index contributed by atoms with van der Waals surface area (Å²) in [5.74, 6) is 0. The zero-order valence-corrected chi connectivity index (χ0v) is 8.62. The number of nitrogens with two attached hydrogens (primary N) is 1. The van der Waals surface area contributed by atoms with Gasteiger partial charge in [0.05, 0.1) is 24.4 Å². The van der Waals surface area contributed by atoms with E-state index in [-0.39, 0.29) is 0 Å². The fourth-order valence-electron chi connectivity index (χ4n) is 0.483. The molecule has 0 aromatic heterocycles. The molecule has 0 fully saturated rings. The summed E-state index contributed by atoms with van der Waals surface area (Å²) in [6.45, 7) is 2.49. The second-order valence-corrected chi connectivity index (χ2v) is 2.44. The highest BCUT2D eigenvalue weighted by Crippen LogP contribution is 1.84. The fourth-order valence-corrected chi connectivity index (χ4v) is 0.738. The molecule has 0 aliphatic rings. The number of ether oxygens (including phenoxy) is 2. The first-order valence-corrected chi connectivity index (χ1v) is 5.01. The van der Waals surface area contributed by atoms with Crippen LogP contribution in [0.25, 0.3) is 0 Å². The van der Waals surface area contributed by atoms with Crippen molar-refractivity contribution in [2.45, 2.75) is 0 Å². The fraction of sp³-hybridized carbons (Fsp3) is 0.714. The molecule has 0 saturated heterocycles. The molecule has 0 radical (unpaired) electrons. The lowest BCUT2D eigenvalue weighted by Crippen LogP contribution is -2.08.